The van der Waals surface area contributed by atoms with E-state index in [1.54, 1.807) is 0 Å². The first-order valence-electron chi connectivity index (χ1n) is 3.75. The Kier molecular flexibility index (Phi) is 1.25. The number of nitrogens with two attached hydrogens (primary N) is 1. The van der Waals surface area contributed by atoms with Crippen LogP contribution in [0.5, 0.6) is 0 Å². The van der Waals surface area contributed by atoms with Crippen molar-refractivity contribution >= 4 is 17.7 Å². The van der Waals surface area contributed by atoms with Crippen molar-refractivity contribution in [2.24, 2.45) is 17.6 Å². The molecular weight excluding hydrogens is 160 g/mol. The van der Waals surface area contributed by atoms with E-state index < -0.39 is 5.91 Å². The predicted octanol–water partition coefficient (Wildman–Crippen LogP) is -1.52. The van der Waals surface area contributed by atoms with Gasteiger partial charge in [-0.1, -0.05) is 0 Å². The van der Waals surface area contributed by atoms with Crippen molar-refractivity contribution in [2.45, 2.75) is 6.42 Å². The zero-order valence-electron chi connectivity index (χ0n) is 6.32. The summed E-state index contributed by atoms with van der Waals surface area (Å²) in [6.07, 6.45) is 0.660. The largest absolute Gasteiger partial charge is 0.368 e. The minimum absolute atomic E-state index is 0.142. The molecule has 0 aromatic carbocycles. The fourth-order valence-electron chi connectivity index (χ4n) is 1.56. The van der Waals surface area contributed by atoms with Gasteiger partial charge >= 0.3 is 0 Å². The maximum atomic E-state index is 11.2. The summed E-state index contributed by atoms with van der Waals surface area (Å²) in [4.78, 5) is 33.8. The molecule has 0 aromatic heterocycles. The predicted molar refractivity (Wildman–Crippen MR) is 37.5 cm³/mol. The van der Waals surface area contributed by atoms with Crippen LogP contribution in [0.4, 0.5) is 0 Å². The highest BCUT2D eigenvalue weighted by Gasteiger charge is 2.58. The van der Waals surface area contributed by atoms with E-state index in [-0.39, 0.29) is 30.2 Å². The number of rotatable bonds is 2. The molecule has 1 aliphatic heterocycles. The second kappa shape index (κ2) is 2.06. The topological polar surface area (TPSA) is 80.5 Å². The molecule has 5 nitrogen and oxygen atoms in total. The summed E-state index contributed by atoms with van der Waals surface area (Å²) < 4.78 is 0. The van der Waals surface area contributed by atoms with Crippen LogP contribution in [0.2, 0.25) is 0 Å². The zero-order chi connectivity index (χ0) is 8.88. The van der Waals surface area contributed by atoms with E-state index in [0.29, 0.717) is 6.42 Å². The highest BCUT2D eigenvalue weighted by molar-refractivity contribution is 6.10. The molecule has 0 radical (unpaired) electrons. The highest BCUT2D eigenvalue weighted by atomic mass is 16.2. The zero-order valence-corrected chi connectivity index (χ0v) is 6.32. The third-order valence-electron chi connectivity index (χ3n) is 2.27. The Balaban J connectivity index is 2.12. The van der Waals surface area contributed by atoms with Crippen LogP contribution in [0.3, 0.4) is 0 Å². The van der Waals surface area contributed by atoms with Crippen molar-refractivity contribution in [1.29, 1.82) is 0 Å². The van der Waals surface area contributed by atoms with Crippen molar-refractivity contribution in [3.8, 4) is 0 Å². The Hall–Kier alpha value is -1.39. The molecular formula is C7H8N2O3. The molecule has 12 heavy (non-hydrogen) atoms. The molecule has 2 unspecified atom stereocenters. The molecule has 0 bridgehead atoms. The fourth-order valence-corrected chi connectivity index (χ4v) is 1.56. The lowest BCUT2D eigenvalue weighted by atomic mass is 10.4. The van der Waals surface area contributed by atoms with Gasteiger partial charge in [0.1, 0.15) is 6.54 Å². The summed E-state index contributed by atoms with van der Waals surface area (Å²) in [5, 5.41) is 0. The normalized spacial score (nSPS) is 32.2. The number of piperidine rings is 1. The van der Waals surface area contributed by atoms with E-state index in [4.69, 9.17) is 5.73 Å². The minimum atomic E-state index is -0.641. The molecule has 1 saturated carbocycles. The van der Waals surface area contributed by atoms with Crippen LogP contribution in [-0.2, 0) is 14.4 Å². The van der Waals surface area contributed by atoms with Gasteiger partial charge in [-0.15, -0.1) is 0 Å². The number of carbonyl (C=O) groups excluding carboxylic acids is 3. The molecule has 0 aromatic rings. The summed E-state index contributed by atoms with van der Waals surface area (Å²) >= 11 is 0. The summed E-state index contributed by atoms with van der Waals surface area (Å²) in [6, 6.07) is 0. The van der Waals surface area contributed by atoms with Gasteiger partial charge < -0.3 is 5.73 Å². The van der Waals surface area contributed by atoms with Crippen LogP contribution >= 0.6 is 0 Å². The molecule has 2 aliphatic rings. The summed E-state index contributed by atoms with van der Waals surface area (Å²) in [5.74, 6) is -1.39. The first-order chi connectivity index (χ1) is 5.61. The van der Waals surface area contributed by atoms with Crippen molar-refractivity contribution in [3.05, 3.63) is 0 Å². The first kappa shape index (κ1) is 7.27. The maximum Gasteiger partial charge on any atom is 0.237 e. The maximum absolute atomic E-state index is 11.2. The quantitative estimate of drug-likeness (QED) is 0.508. The van der Waals surface area contributed by atoms with Gasteiger partial charge in [-0.3, -0.25) is 19.3 Å². The van der Waals surface area contributed by atoms with Gasteiger partial charge in [-0.25, -0.2) is 0 Å². The molecule has 1 aliphatic carbocycles. The molecule has 1 saturated heterocycles. The number of fused-ring (bicyclic) bond motifs is 1. The lowest BCUT2D eigenvalue weighted by Crippen LogP contribution is -2.39. The summed E-state index contributed by atoms with van der Waals surface area (Å²) in [7, 11) is 0. The van der Waals surface area contributed by atoms with Crippen molar-refractivity contribution in [2.75, 3.05) is 6.54 Å². The lowest BCUT2D eigenvalue weighted by Gasteiger charge is -2.13. The highest BCUT2D eigenvalue weighted by Crippen LogP contribution is 2.46. The lowest BCUT2D eigenvalue weighted by molar-refractivity contribution is -0.144. The Morgan fingerprint density at radius 2 is 1.92 bits per heavy atom. The van der Waals surface area contributed by atoms with Crippen LogP contribution in [-0.4, -0.2) is 29.2 Å². The minimum Gasteiger partial charge on any atom is -0.368 e. The van der Waals surface area contributed by atoms with Gasteiger partial charge in [-0.2, -0.15) is 0 Å². The summed E-state index contributed by atoms with van der Waals surface area (Å²) in [6.45, 7) is -0.259. The Bertz CT molecular complexity index is 266. The van der Waals surface area contributed by atoms with Gasteiger partial charge in [-0.05, 0) is 6.42 Å². The Labute approximate surface area is 68.5 Å². The number of amides is 3. The standard InChI is InChI=1S/C7H8N2O3/c8-5(10)2-9-6(11)3-1-4(3)7(9)12/h3-4H,1-2H2,(H2,8,10). The van der Waals surface area contributed by atoms with Crippen LogP contribution in [0.15, 0.2) is 0 Å². The fraction of sp³-hybridized carbons (Fsp3) is 0.571. The molecule has 2 rings (SSSR count). The van der Waals surface area contributed by atoms with Gasteiger partial charge in [0.25, 0.3) is 0 Å². The molecule has 5 heteroatoms. The number of primary amides is 1. The molecule has 1 heterocycles. The Morgan fingerprint density at radius 1 is 1.42 bits per heavy atom. The number of hydrogen-bond donors (Lipinski definition) is 1. The van der Waals surface area contributed by atoms with E-state index in [9.17, 15) is 14.4 Å². The van der Waals surface area contributed by atoms with Crippen molar-refractivity contribution < 1.29 is 14.4 Å². The average Bonchev–Trinajstić information content (AvgIpc) is 2.71. The first-order valence-corrected chi connectivity index (χ1v) is 3.75. The van der Waals surface area contributed by atoms with E-state index in [1.165, 1.54) is 0 Å². The number of nitrogens with zero attached hydrogens (tertiary/aromatic N) is 1. The molecule has 3 amide bonds. The monoisotopic (exact) mass is 168 g/mol. The molecule has 2 atom stereocenters. The number of imide groups is 1. The van der Waals surface area contributed by atoms with E-state index >= 15 is 0 Å². The Morgan fingerprint density at radius 3 is 2.33 bits per heavy atom. The van der Waals surface area contributed by atoms with E-state index in [1.807, 2.05) is 0 Å². The number of hydrogen-bond acceptors (Lipinski definition) is 3. The van der Waals surface area contributed by atoms with Crippen LogP contribution in [0.25, 0.3) is 0 Å². The molecule has 0 spiro atoms. The third kappa shape index (κ3) is 0.823. The number of carbonyl (C=O) groups is 3. The van der Waals surface area contributed by atoms with E-state index in [0.717, 1.165) is 4.90 Å². The van der Waals surface area contributed by atoms with Crippen molar-refractivity contribution in [1.82, 2.24) is 4.90 Å². The van der Waals surface area contributed by atoms with Crippen LogP contribution in [0.1, 0.15) is 6.42 Å². The average molecular weight is 168 g/mol. The van der Waals surface area contributed by atoms with Gasteiger partial charge in [0.15, 0.2) is 0 Å². The van der Waals surface area contributed by atoms with Crippen molar-refractivity contribution in [3.63, 3.8) is 0 Å². The molecule has 64 valence electrons. The van der Waals surface area contributed by atoms with Gasteiger partial charge in [0.2, 0.25) is 17.7 Å². The number of likely N-dealkylation sites (tertiary alicyclic amines) is 1. The van der Waals surface area contributed by atoms with Gasteiger partial charge in [0.05, 0.1) is 11.8 Å². The van der Waals surface area contributed by atoms with Gasteiger partial charge in [0, 0.05) is 0 Å². The van der Waals surface area contributed by atoms with E-state index in [2.05, 4.69) is 0 Å². The smallest absolute Gasteiger partial charge is 0.237 e. The summed E-state index contributed by atoms with van der Waals surface area (Å²) in [5.41, 5.74) is 4.87. The molecule has 2 fully saturated rings. The molecule has 2 N–H and O–H groups in total. The van der Waals surface area contributed by atoms with Crippen LogP contribution < -0.4 is 5.73 Å². The second-order valence-corrected chi connectivity index (χ2v) is 3.18. The third-order valence-corrected chi connectivity index (χ3v) is 2.27. The SMILES string of the molecule is NC(=O)CN1C(=O)C2CC2C1=O. The van der Waals surface area contributed by atoms with Crippen LogP contribution in [0, 0.1) is 11.8 Å². The second-order valence-electron chi connectivity index (χ2n) is 3.18.